The second-order valence-electron chi connectivity index (χ2n) is 6.45. The number of piperazine rings is 1. The molecule has 13 heteroatoms. The van der Waals surface area contributed by atoms with Crippen LogP contribution in [0.25, 0.3) is 0 Å². The monoisotopic (exact) mass is 448 g/mol. The van der Waals surface area contributed by atoms with Crippen molar-refractivity contribution in [2.75, 3.05) is 46.9 Å². The number of furan rings is 1. The molecule has 1 aliphatic heterocycles. The SMILES string of the molecule is COC(=O)c1c(C)oc(C)c1S(=O)(=O)N1CCN(S(=O)(=O)N(C)CCC#N)CC1. The van der Waals surface area contributed by atoms with Crippen molar-refractivity contribution in [2.45, 2.75) is 25.2 Å². The maximum absolute atomic E-state index is 13.1. The molecule has 0 amide bonds. The molecule has 0 aromatic carbocycles. The predicted octanol–water partition coefficient (Wildman–Crippen LogP) is 0.0796. The number of carbonyl (C=O) groups is 1. The zero-order valence-corrected chi connectivity index (χ0v) is 18.3. The van der Waals surface area contributed by atoms with E-state index in [4.69, 9.17) is 9.68 Å². The number of sulfonamides is 1. The van der Waals surface area contributed by atoms with Gasteiger partial charge < -0.3 is 9.15 Å². The van der Waals surface area contributed by atoms with Gasteiger partial charge in [0.15, 0.2) is 0 Å². The van der Waals surface area contributed by atoms with E-state index in [-0.39, 0.29) is 61.1 Å². The molecule has 1 fully saturated rings. The first-order chi connectivity index (χ1) is 13.5. The quantitative estimate of drug-likeness (QED) is 0.534. The molecule has 2 heterocycles. The van der Waals surface area contributed by atoms with Gasteiger partial charge in [0.2, 0.25) is 10.0 Å². The van der Waals surface area contributed by atoms with E-state index in [0.717, 1.165) is 15.7 Å². The van der Waals surface area contributed by atoms with Gasteiger partial charge in [0.25, 0.3) is 10.2 Å². The van der Waals surface area contributed by atoms with Crippen LogP contribution in [-0.4, -0.2) is 82.6 Å². The van der Waals surface area contributed by atoms with Gasteiger partial charge >= 0.3 is 5.97 Å². The van der Waals surface area contributed by atoms with Gasteiger partial charge in [0.1, 0.15) is 22.0 Å². The van der Waals surface area contributed by atoms with Crippen molar-refractivity contribution in [2.24, 2.45) is 0 Å². The molecule has 29 heavy (non-hydrogen) atoms. The molecule has 1 aromatic rings. The number of esters is 1. The van der Waals surface area contributed by atoms with E-state index in [1.807, 2.05) is 6.07 Å². The fraction of sp³-hybridized carbons (Fsp3) is 0.625. The van der Waals surface area contributed by atoms with Crippen molar-refractivity contribution in [3.63, 3.8) is 0 Å². The third-order valence-corrected chi connectivity index (χ3v) is 8.69. The Hall–Kier alpha value is -1.98. The smallest absolute Gasteiger partial charge is 0.342 e. The lowest BCUT2D eigenvalue weighted by atomic mass is 10.2. The average Bonchev–Trinajstić information content (AvgIpc) is 2.99. The minimum Gasteiger partial charge on any atom is -0.465 e. The molecule has 11 nitrogen and oxygen atoms in total. The number of methoxy groups -OCH3 is 1. The van der Waals surface area contributed by atoms with E-state index in [1.54, 1.807) is 0 Å². The van der Waals surface area contributed by atoms with Gasteiger partial charge in [-0.1, -0.05) is 0 Å². The third-order valence-electron chi connectivity index (χ3n) is 4.65. The molecule has 0 N–H and O–H groups in total. The Bertz CT molecular complexity index is 1020. The lowest BCUT2D eigenvalue weighted by Gasteiger charge is -2.35. The van der Waals surface area contributed by atoms with Crippen molar-refractivity contribution >= 4 is 26.2 Å². The molecule has 1 aliphatic rings. The molecule has 0 aliphatic carbocycles. The van der Waals surface area contributed by atoms with E-state index in [9.17, 15) is 21.6 Å². The van der Waals surface area contributed by atoms with Gasteiger partial charge in [0.05, 0.1) is 13.2 Å². The fourth-order valence-corrected chi connectivity index (χ4v) is 6.24. The topological polar surface area (TPSA) is 141 Å². The van der Waals surface area contributed by atoms with Gasteiger partial charge in [-0.2, -0.15) is 26.6 Å². The third kappa shape index (κ3) is 4.46. The average molecular weight is 449 g/mol. The standard InChI is InChI=1S/C16H24N4O7S2/c1-12-14(16(21)26-4)15(13(2)27-12)28(22,23)19-8-10-20(11-9-19)29(24,25)18(3)7-5-6-17/h5,7-11H2,1-4H3. The largest absolute Gasteiger partial charge is 0.465 e. The zero-order chi connectivity index (χ0) is 22.0. The van der Waals surface area contributed by atoms with Crippen molar-refractivity contribution < 1.29 is 30.8 Å². The van der Waals surface area contributed by atoms with Crippen LogP contribution in [0.15, 0.2) is 9.31 Å². The molecule has 0 unspecified atom stereocenters. The predicted molar refractivity (Wildman–Crippen MR) is 102 cm³/mol. The number of rotatable bonds is 7. The Labute approximate surface area is 170 Å². The minimum absolute atomic E-state index is 0.0489. The highest BCUT2D eigenvalue weighted by molar-refractivity contribution is 7.89. The molecule has 2 rings (SSSR count). The van der Waals surface area contributed by atoms with Crippen LogP contribution in [0.4, 0.5) is 0 Å². The summed E-state index contributed by atoms with van der Waals surface area (Å²) in [7, 11) is -5.38. The first-order valence-electron chi connectivity index (χ1n) is 8.75. The number of ether oxygens (including phenoxy) is 1. The summed E-state index contributed by atoms with van der Waals surface area (Å²) in [6, 6.07) is 1.89. The zero-order valence-electron chi connectivity index (χ0n) is 16.7. The normalized spacial score (nSPS) is 16.7. The minimum atomic E-state index is -4.10. The van der Waals surface area contributed by atoms with E-state index in [0.29, 0.717) is 0 Å². The number of hydrogen-bond donors (Lipinski definition) is 0. The van der Waals surface area contributed by atoms with Crippen LogP contribution < -0.4 is 0 Å². The molecule has 1 aromatic heterocycles. The Balaban J connectivity index is 2.24. The second kappa shape index (κ2) is 8.80. The molecule has 162 valence electrons. The van der Waals surface area contributed by atoms with E-state index in [2.05, 4.69) is 4.74 Å². The first kappa shape index (κ1) is 23.3. The van der Waals surface area contributed by atoms with Gasteiger partial charge in [-0.05, 0) is 13.8 Å². The summed E-state index contributed by atoms with van der Waals surface area (Å²) in [5.74, 6) is -0.624. The maximum Gasteiger partial charge on any atom is 0.342 e. The molecule has 0 spiro atoms. The summed E-state index contributed by atoms with van der Waals surface area (Å²) in [4.78, 5) is 11.8. The maximum atomic E-state index is 13.1. The molecular formula is C16H24N4O7S2. The number of nitrogens with zero attached hydrogens (tertiary/aromatic N) is 4. The van der Waals surface area contributed by atoms with Crippen molar-refractivity contribution in [3.05, 3.63) is 17.1 Å². The van der Waals surface area contributed by atoms with Gasteiger partial charge in [-0.3, -0.25) is 0 Å². The fourth-order valence-electron chi connectivity index (χ4n) is 3.10. The van der Waals surface area contributed by atoms with Crippen LogP contribution in [0.2, 0.25) is 0 Å². The summed E-state index contributed by atoms with van der Waals surface area (Å²) in [6.45, 7) is 2.68. The van der Waals surface area contributed by atoms with E-state index in [1.165, 1.54) is 25.2 Å². The van der Waals surface area contributed by atoms with Crippen LogP contribution in [0.5, 0.6) is 0 Å². The Morgan fingerprint density at radius 3 is 2.21 bits per heavy atom. The van der Waals surface area contributed by atoms with Crippen LogP contribution in [0.1, 0.15) is 28.3 Å². The summed E-state index contributed by atoms with van der Waals surface area (Å²) >= 11 is 0. The molecule has 0 saturated carbocycles. The van der Waals surface area contributed by atoms with Crippen LogP contribution >= 0.6 is 0 Å². The summed E-state index contributed by atoms with van der Waals surface area (Å²) in [5.41, 5.74) is -0.156. The highest BCUT2D eigenvalue weighted by atomic mass is 32.2. The Kier molecular flexibility index (Phi) is 7.07. The molecule has 0 radical (unpaired) electrons. The van der Waals surface area contributed by atoms with Crippen molar-refractivity contribution in [3.8, 4) is 6.07 Å². The van der Waals surface area contributed by atoms with Gasteiger partial charge in [-0.15, -0.1) is 0 Å². The van der Waals surface area contributed by atoms with Crippen molar-refractivity contribution in [1.29, 1.82) is 5.26 Å². The Morgan fingerprint density at radius 2 is 1.69 bits per heavy atom. The van der Waals surface area contributed by atoms with E-state index >= 15 is 0 Å². The summed E-state index contributed by atoms with van der Waals surface area (Å²) < 4.78 is 64.8. The summed E-state index contributed by atoms with van der Waals surface area (Å²) in [6.07, 6.45) is 0.0551. The number of hydrogen-bond acceptors (Lipinski definition) is 8. The lowest BCUT2D eigenvalue weighted by Crippen LogP contribution is -2.53. The first-order valence-corrected chi connectivity index (χ1v) is 11.6. The van der Waals surface area contributed by atoms with Crippen molar-refractivity contribution in [1.82, 2.24) is 12.9 Å². The van der Waals surface area contributed by atoms with Crippen LogP contribution in [0, 0.1) is 25.2 Å². The number of carbonyl (C=O) groups excluding carboxylic acids is 1. The highest BCUT2D eigenvalue weighted by Crippen LogP contribution is 2.30. The number of aryl methyl sites for hydroxylation is 2. The molecule has 0 atom stereocenters. The number of nitriles is 1. The van der Waals surface area contributed by atoms with Gasteiger partial charge in [0, 0.05) is 46.2 Å². The second-order valence-corrected chi connectivity index (χ2v) is 10.4. The lowest BCUT2D eigenvalue weighted by molar-refractivity contribution is 0.0594. The van der Waals surface area contributed by atoms with Crippen LogP contribution in [-0.2, 0) is 25.0 Å². The molecular weight excluding hydrogens is 424 g/mol. The summed E-state index contributed by atoms with van der Waals surface area (Å²) in [5, 5.41) is 8.63. The molecule has 1 saturated heterocycles. The van der Waals surface area contributed by atoms with Gasteiger partial charge in [-0.25, -0.2) is 13.2 Å². The Morgan fingerprint density at radius 1 is 1.14 bits per heavy atom. The molecule has 0 bridgehead atoms. The highest BCUT2D eigenvalue weighted by Gasteiger charge is 2.39. The van der Waals surface area contributed by atoms with E-state index < -0.39 is 26.2 Å². The van der Waals surface area contributed by atoms with Crippen LogP contribution in [0.3, 0.4) is 0 Å².